The number of hydrogen-bond donors (Lipinski definition) is 3. The summed E-state index contributed by atoms with van der Waals surface area (Å²) >= 11 is 0. The first-order valence-corrected chi connectivity index (χ1v) is 22.8. The van der Waals surface area contributed by atoms with E-state index >= 15 is 0 Å². The van der Waals surface area contributed by atoms with Gasteiger partial charge in [-0.2, -0.15) is 0 Å². The zero-order valence-corrected chi connectivity index (χ0v) is 35.5. The largest absolute Gasteiger partial charge is 3.00 e. The van der Waals surface area contributed by atoms with Gasteiger partial charge in [0, 0.05) is 0 Å². The van der Waals surface area contributed by atoms with Crippen LogP contribution in [0.2, 0.25) is 0 Å². The molecule has 6 aromatic rings. The molecule has 54 heavy (non-hydrogen) atoms. The van der Waals surface area contributed by atoms with Crippen molar-refractivity contribution in [2.24, 2.45) is 17.2 Å². The fourth-order valence-electron chi connectivity index (χ4n) is 5.62. The second-order valence-electron chi connectivity index (χ2n) is 11.9. The summed E-state index contributed by atoms with van der Waals surface area (Å²) < 4.78 is 0. The number of hydrogen-bond acceptors (Lipinski definition) is 4. The first-order valence-electron chi connectivity index (χ1n) is 18.3. The Hall–Kier alpha value is -3.22. The molecule has 288 valence electrons. The van der Waals surface area contributed by atoms with Crippen molar-refractivity contribution in [2.75, 3.05) is 38.1 Å². The molecule has 0 heterocycles. The molecule has 0 aliphatic heterocycles. The van der Waals surface area contributed by atoms with Gasteiger partial charge in [0.15, 0.2) is 0 Å². The molecule has 0 fully saturated rings. The van der Waals surface area contributed by atoms with E-state index < -0.39 is 0 Å². The van der Waals surface area contributed by atoms with E-state index in [0.717, 1.165) is 38.9 Å². The van der Waals surface area contributed by atoms with Crippen molar-refractivity contribution in [1.29, 1.82) is 0 Å². The molecule has 8 heteroatoms. The molecular weight excluding hydrogens is 806 g/mol. The van der Waals surface area contributed by atoms with E-state index in [0.29, 0.717) is 0 Å². The average Bonchev–Trinajstić information content (AvgIpc) is 3.25. The van der Waals surface area contributed by atoms with Gasteiger partial charge in [0.2, 0.25) is 0 Å². The van der Waals surface area contributed by atoms with Crippen LogP contribution in [0, 0.1) is 0 Å². The van der Waals surface area contributed by atoms with E-state index in [1.165, 1.54) is 50.3 Å². The van der Waals surface area contributed by atoms with E-state index in [2.05, 4.69) is 182 Å². The third-order valence-corrected chi connectivity index (χ3v) is 16.0. The van der Waals surface area contributed by atoms with Crippen molar-refractivity contribution in [3.8, 4) is 0 Å². The molecule has 0 radical (unpaired) electrons. The van der Waals surface area contributed by atoms with Gasteiger partial charge in [-0.15, -0.1) is 0 Å². The standard InChI is InChI=1S/3C15H18NP.CH2O.Rh.3H/c3*16-12-7-13-17(14-8-3-1-4-9-14)15-10-5-2-6-11-15;1-2;;;;/h3*1-6,8-11H,7,12-13,16H2;1H2;;;;/q;;;;+3;3*-1. The topological polar surface area (TPSA) is 95.1 Å². The minimum absolute atomic E-state index is 0. The quantitative estimate of drug-likeness (QED) is 0.0735. The molecule has 6 rings (SSSR count). The Morgan fingerprint density at radius 2 is 0.481 bits per heavy atom. The van der Waals surface area contributed by atoms with Crippen LogP contribution in [0.3, 0.4) is 0 Å². The number of rotatable bonds is 15. The first kappa shape index (κ1) is 46.9. The fraction of sp³-hybridized carbons (Fsp3) is 0.196. The molecule has 6 aromatic carbocycles. The minimum Gasteiger partial charge on any atom is -1.00 e. The van der Waals surface area contributed by atoms with Gasteiger partial charge >= 0.3 is 19.5 Å². The zero-order valence-electron chi connectivity index (χ0n) is 34.2. The molecule has 0 aliphatic rings. The Kier molecular flexibility index (Phi) is 26.1. The van der Waals surface area contributed by atoms with Crippen LogP contribution < -0.4 is 49.0 Å². The van der Waals surface area contributed by atoms with Crippen LogP contribution in [-0.2, 0) is 24.3 Å². The second kappa shape index (κ2) is 30.1. The molecular formula is C46H59N3OP3Rh. The monoisotopic (exact) mass is 865 g/mol. The van der Waals surface area contributed by atoms with Crippen LogP contribution in [0.15, 0.2) is 182 Å². The number of carbonyl (C=O) groups excluding carboxylic acids is 1. The molecule has 0 bridgehead atoms. The Morgan fingerprint density at radius 1 is 0.333 bits per heavy atom. The Morgan fingerprint density at radius 3 is 0.611 bits per heavy atom. The van der Waals surface area contributed by atoms with Crippen LogP contribution in [0.4, 0.5) is 0 Å². The normalized spacial score (nSPS) is 10.2. The Labute approximate surface area is 345 Å². The number of carbonyl (C=O) groups is 1. The predicted molar refractivity (Wildman–Crippen MR) is 243 cm³/mol. The van der Waals surface area contributed by atoms with Crippen molar-refractivity contribution in [1.82, 2.24) is 0 Å². The second-order valence-corrected chi connectivity index (χ2v) is 18.9. The minimum atomic E-state index is -0.237. The number of benzene rings is 6. The van der Waals surface area contributed by atoms with Crippen molar-refractivity contribution in [3.05, 3.63) is 182 Å². The van der Waals surface area contributed by atoms with Crippen molar-refractivity contribution in [3.63, 3.8) is 0 Å². The summed E-state index contributed by atoms with van der Waals surface area (Å²) in [6, 6.07) is 64.7. The Bertz CT molecular complexity index is 1420. The number of nitrogens with two attached hydrogens (primary N) is 3. The van der Waals surface area contributed by atoms with Crippen molar-refractivity contribution < 1.29 is 28.6 Å². The van der Waals surface area contributed by atoms with Gasteiger partial charge in [-0.1, -0.05) is 182 Å². The van der Waals surface area contributed by atoms with Gasteiger partial charge in [-0.3, -0.25) is 0 Å². The summed E-state index contributed by atoms with van der Waals surface area (Å²) in [5, 5.41) is 8.68. The third-order valence-electron chi connectivity index (χ3n) is 8.16. The SMILES string of the molecule is C=O.NCCCP(c1ccccc1)c1ccccc1.NCCCP(c1ccccc1)c1ccccc1.NCCCP(c1ccccc1)c1ccccc1.[H-].[H-].[H-].[Rh+3]. The van der Waals surface area contributed by atoms with E-state index in [1.807, 2.05) is 6.79 Å². The predicted octanol–water partition coefficient (Wildman–Crippen LogP) is 7.55. The zero-order chi connectivity index (χ0) is 37.8. The summed E-state index contributed by atoms with van der Waals surface area (Å²) in [7, 11) is -0.710. The van der Waals surface area contributed by atoms with Crippen LogP contribution in [0.25, 0.3) is 0 Å². The summed E-state index contributed by atoms with van der Waals surface area (Å²) in [6.07, 6.45) is 6.82. The molecule has 0 unspecified atom stereocenters. The summed E-state index contributed by atoms with van der Waals surface area (Å²) in [5.41, 5.74) is 16.9. The van der Waals surface area contributed by atoms with Crippen molar-refractivity contribution in [2.45, 2.75) is 19.3 Å². The molecule has 0 saturated heterocycles. The van der Waals surface area contributed by atoms with E-state index in [-0.39, 0.29) is 47.5 Å². The Balaban J connectivity index is 0. The third kappa shape index (κ3) is 17.1. The molecule has 0 aromatic heterocycles. The van der Waals surface area contributed by atoms with Crippen LogP contribution in [0.1, 0.15) is 23.5 Å². The van der Waals surface area contributed by atoms with Gasteiger partial charge in [-0.25, -0.2) is 0 Å². The summed E-state index contributed by atoms with van der Waals surface area (Å²) in [5.74, 6) is 0. The van der Waals surface area contributed by atoms with E-state index in [4.69, 9.17) is 22.0 Å². The van der Waals surface area contributed by atoms with Crippen LogP contribution >= 0.6 is 23.8 Å². The van der Waals surface area contributed by atoms with Gasteiger partial charge < -0.3 is 26.3 Å². The fourth-order valence-corrected chi connectivity index (χ4v) is 12.7. The van der Waals surface area contributed by atoms with Gasteiger partial charge in [0.1, 0.15) is 6.79 Å². The molecule has 0 amide bonds. The molecule has 6 N–H and O–H groups in total. The van der Waals surface area contributed by atoms with Gasteiger partial charge in [0.05, 0.1) is 0 Å². The molecule has 0 atom stereocenters. The molecule has 0 aliphatic carbocycles. The van der Waals surface area contributed by atoms with Crippen LogP contribution in [0.5, 0.6) is 0 Å². The molecule has 0 spiro atoms. The molecule has 4 nitrogen and oxygen atoms in total. The first-order chi connectivity index (χ1) is 26.2. The van der Waals surface area contributed by atoms with Crippen LogP contribution in [-0.4, -0.2) is 44.9 Å². The maximum absolute atomic E-state index is 8.00. The smallest absolute Gasteiger partial charge is 1.00 e. The van der Waals surface area contributed by atoms with Crippen molar-refractivity contribution >= 4 is 62.4 Å². The molecule has 0 saturated carbocycles. The van der Waals surface area contributed by atoms with Gasteiger partial charge in [0.25, 0.3) is 0 Å². The maximum Gasteiger partial charge on any atom is 3.00 e. The summed E-state index contributed by atoms with van der Waals surface area (Å²) in [4.78, 5) is 8.00. The maximum atomic E-state index is 8.00. The van der Waals surface area contributed by atoms with Gasteiger partial charge in [-0.05, 0) is 113 Å². The summed E-state index contributed by atoms with van der Waals surface area (Å²) in [6.45, 7) is 4.33. The van der Waals surface area contributed by atoms with E-state index in [1.54, 1.807) is 0 Å². The van der Waals surface area contributed by atoms with E-state index in [9.17, 15) is 0 Å². The average molecular weight is 866 g/mol.